The summed E-state index contributed by atoms with van der Waals surface area (Å²) in [6.07, 6.45) is 1.96. The lowest BCUT2D eigenvalue weighted by Gasteiger charge is -2.26. The van der Waals surface area contributed by atoms with E-state index in [2.05, 4.69) is 10.2 Å². The number of carbonyl (C=O) groups excluding carboxylic acids is 1. The lowest BCUT2D eigenvalue weighted by Crippen LogP contribution is -2.36. The van der Waals surface area contributed by atoms with E-state index in [9.17, 15) is 9.59 Å². The van der Waals surface area contributed by atoms with Gasteiger partial charge in [0.05, 0.1) is 0 Å². The van der Waals surface area contributed by atoms with Crippen molar-refractivity contribution >= 4 is 11.9 Å². The first-order valence-corrected chi connectivity index (χ1v) is 5.70. The highest BCUT2D eigenvalue weighted by molar-refractivity contribution is 5.87. The first kappa shape index (κ1) is 11.6. The van der Waals surface area contributed by atoms with Crippen LogP contribution in [0.15, 0.2) is 0 Å². The summed E-state index contributed by atoms with van der Waals surface area (Å²) in [7, 11) is 0. The van der Waals surface area contributed by atoms with Gasteiger partial charge in [0.15, 0.2) is 5.69 Å². The summed E-state index contributed by atoms with van der Waals surface area (Å²) < 4.78 is 0. The Morgan fingerprint density at radius 1 is 1.53 bits per heavy atom. The molecule has 1 amide bonds. The third-order valence-electron chi connectivity index (χ3n) is 2.95. The van der Waals surface area contributed by atoms with Crippen LogP contribution in [0.3, 0.4) is 0 Å². The van der Waals surface area contributed by atoms with Gasteiger partial charge in [-0.2, -0.15) is 5.10 Å². The fraction of sp³-hybridized carbons (Fsp3) is 0.545. The zero-order valence-corrected chi connectivity index (χ0v) is 9.69. The number of aromatic amines is 1. The quantitative estimate of drug-likeness (QED) is 0.813. The molecule has 0 aromatic carbocycles. The second kappa shape index (κ2) is 4.57. The number of amides is 1. The van der Waals surface area contributed by atoms with E-state index in [1.54, 1.807) is 4.90 Å². The third kappa shape index (κ3) is 2.15. The van der Waals surface area contributed by atoms with Crippen LogP contribution in [0.4, 0.5) is 0 Å². The van der Waals surface area contributed by atoms with Crippen molar-refractivity contribution < 1.29 is 14.7 Å². The number of carboxylic acid groups (broad SMARTS) is 1. The number of nitrogens with zero attached hydrogens (tertiary/aromatic N) is 2. The number of fused-ring (bicyclic) bond motifs is 1. The standard InChI is InChI=1S/C11H15N3O3/c1-2-3-9(15)14-5-4-8-7(6-14)10(11(16)17)13-12-8/h2-6H2,1H3,(H,12,13)(H,16,17). The zero-order chi connectivity index (χ0) is 12.4. The highest BCUT2D eigenvalue weighted by Crippen LogP contribution is 2.21. The van der Waals surface area contributed by atoms with Gasteiger partial charge in [-0.05, 0) is 6.42 Å². The van der Waals surface area contributed by atoms with Crippen LogP contribution in [0.2, 0.25) is 0 Å². The van der Waals surface area contributed by atoms with E-state index >= 15 is 0 Å². The normalized spacial score (nSPS) is 14.5. The number of H-pyrrole nitrogens is 1. The second-order valence-corrected chi connectivity index (χ2v) is 4.15. The molecule has 17 heavy (non-hydrogen) atoms. The van der Waals surface area contributed by atoms with Gasteiger partial charge in [0.2, 0.25) is 5.91 Å². The van der Waals surface area contributed by atoms with Gasteiger partial charge >= 0.3 is 5.97 Å². The van der Waals surface area contributed by atoms with Crippen LogP contribution in [-0.2, 0) is 17.8 Å². The Balaban J connectivity index is 2.19. The molecule has 0 saturated carbocycles. The van der Waals surface area contributed by atoms with Gasteiger partial charge in [0.25, 0.3) is 0 Å². The Bertz CT molecular complexity index is 453. The molecule has 0 unspecified atom stereocenters. The molecule has 0 spiro atoms. The lowest BCUT2D eigenvalue weighted by atomic mass is 10.0. The highest BCUT2D eigenvalue weighted by atomic mass is 16.4. The number of carboxylic acids is 1. The maximum absolute atomic E-state index is 11.8. The van der Waals surface area contributed by atoms with Gasteiger partial charge in [-0.25, -0.2) is 4.79 Å². The number of aromatic nitrogens is 2. The van der Waals surface area contributed by atoms with Crippen molar-refractivity contribution in [1.29, 1.82) is 0 Å². The van der Waals surface area contributed by atoms with Crippen LogP contribution >= 0.6 is 0 Å². The van der Waals surface area contributed by atoms with Crippen LogP contribution in [0.25, 0.3) is 0 Å². The molecule has 6 heteroatoms. The van der Waals surface area contributed by atoms with Crippen molar-refractivity contribution in [2.75, 3.05) is 6.54 Å². The van der Waals surface area contributed by atoms with E-state index in [1.807, 2.05) is 6.92 Å². The molecule has 1 aromatic heterocycles. The molecule has 0 radical (unpaired) electrons. The minimum Gasteiger partial charge on any atom is -0.476 e. The predicted octanol–water partition coefficient (Wildman–Crippen LogP) is 0.793. The number of hydrogen-bond acceptors (Lipinski definition) is 3. The SMILES string of the molecule is CCCC(=O)N1CCc2[nH]nc(C(=O)O)c2C1. The van der Waals surface area contributed by atoms with Gasteiger partial charge < -0.3 is 10.0 Å². The number of carbonyl (C=O) groups is 2. The Kier molecular flexibility index (Phi) is 3.12. The van der Waals surface area contributed by atoms with E-state index in [0.717, 1.165) is 12.1 Å². The maximum atomic E-state index is 11.8. The van der Waals surface area contributed by atoms with Crippen LogP contribution in [-0.4, -0.2) is 38.6 Å². The molecule has 0 bridgehead atoms. The fourth-order valence-corrected chi connectivity index (χ4v) is 2.06. The molecule has 92 valence electrons. The summed E-state index contributed by atoms with van der Waals surface area (Å²) in [6.45, 7) is 2.94. The maximum Gasteiger partial charge on any atom is 0.356 e. The molecule has 2 rings (SSSR count). The Morgan fingerprint density at radius 2 is 2.29 bits per heavy atom. The van der Waals surface area contributed by atoms with Gasteiger partial charge in [0.1, 0.15) is 0 Å². The van der Waals surface area contributed by atoms with E-state index < -0.39 is 5.97 Å². The molecule has 0 fully saturated rings. The molecule has 2 N–H and O–H groups in total. The predicted molar refractivity (Wildman–Crippen MR) is 59.6 cm³/mol. The largest absolute Gasteiger partial charge is 0.476 e. The topological polar surface area (TPSA) is 86.3 Å². The number of aromatic carboxylic acids is 1. The minimum atomic E-state index is -1.05. The number of nitrogens with one attached hydrogen (secondary N) is 1. The number of hydrogen-bond donors (Lipinski definition) is 2. The van der Waals surface area contributed by atoms with E-state index in [-0.39, 0.29) is 11.6 Å². The fourth-order valence-electron chi connectivity index (χ4n) is 2.06. The van der Waals surface area contributed by atoms with Crippen LogP contribution < -0.4 is 0 Å². The zero-order valence-electron chi connectivity index (χ0n) is 9.69. The van der Waals surface area contributed by atoms with E-state index in [4.69, 9.17) is 5.11 Å². The van der Waals surface area contributed by atoms with Crippen molar-refractivity contribution in [1.82, 2.24) is 15.1 Å². The van der Waals surface area contributed by atoms with Crippen molar-refractivity contribution in [3.05, 3.63) is 17.0 Å². The van der Waals surface area contributed by atoms with Crippen LogP contribution in [0, 0.1) is 0 Å². The summed E-state index contributed by atoms with van der Waals surface area (Å²) in [5, 5.41) is 15.5. The number of rotatable bonds is 3. The molecule has 6 nitrogen and oxygen atoms in total. The van der Waals surface area contributed by atoms with Crippen molar-refractivity contribution in [2.45, 2.75) is 32.7 Å². The molecule has 1 aliphatic rings. The summed E-state index contributed by atoms with van der Waals surface area (Å²) in [4.78, 5) is 24.4. The lowest BCUT2D eigenvalue weighted by molar-refractivity contribution is -0.132. The summed E-state index contributed by atoms with van der Waals surface area (Å²) in [5.41, 5.74) is 1.52. The Hall–Kier alpha value is -1.85. The third-order valence-corrected chi connectivity index (χ3v) is 2.95. The minimum absolute atomic E-state index is 0.0361. The van der Waals surface area contributed by atoms with Crippen LogP contribution in [0.5, 0.6) is 0 Å². The molecule has 0 aliphatic carbocycles. The molecule has 2 heterocycles. The Morgan fingerprint density at radius 3 is 2.94 bits per heavy atom. The van der Waals surface area contributed by atoms with Gasteiger partial charge in [-0.15, -0.1) is 0 Å². The molecular weight excluding hydrogens is 222 g/mol. The van der Waals surface area contributed by atoms with Crippen LogP contribution in [0.1, 0.15) is 41.5 Å². The van der Waals surface area contributed by atoms with Crippen molar-refractivity contribution in [2.24, 2.45) is 0 Å². The van der Waals surface area contributed by atoms with Crippen molar-refractivity contribution in [3.63, 3.8) is 0 Å². The summed E-state index contributed by atoms with van der Waals surface area (Å²) in [5.74, 6) is -0.969. The van der Waals surface area contributed by atoms with Gasteiger partial charge in [-0.3, -0.25) is 9.89 Å². The highest BCUT2D eigenvalue weighted by Gasteiger charge is 2.26. The van der Waals surface area contributed by atoms with Gasteiger partial charge in [-0.1, -0.05) is 6.92 Å². The second-order valence-electron chi connectivity index (χ2n) is 4.15. The molecule has 0 saturated heterocycles. The average molecular weight is 237 g/mol. The van der Waals surface area contributed by atoms with E-state index in [0.29, 0.717) is 31.5 Å². The van der Waals surface area contributed by atoms with Gasteiger partial charge in [0, 0.05) is 37.2 Å². The molecule has 0 atom stereocenters. The summed E-state index contributed by atoms with van der Waals surface area (Å²) in [6, 6.07) is 0. The first-order chi connectivity index (χ1) is 8.13. The molecule has 1 aromatic rings. The first-order valence-electron chi connectivity index (χ1n) is 5.70. The van der Waals surface area contributed by atoms with E-state index in [1.165, 1.54) is 0 Å². The molecular formula is C11H15N3O3. The van der Waals surface area contributed by atoms with Crippen molar-refractivity contribution in [3.8, 4) is 0 Å². The Labute approximate surface area is 98.6 Å². The molecule has 1 aliphatic heterocycles. The monoisotopic (exact) mass is 237 g/mol. The summed E-state index contributed by atoms with van der Waals surface area (Å²) >= 11 is 0. The smallest absolute Gasteiger partial charge is 0.356 e. The average Bonchev–Trinajstić information content (AvgIpc) is 2.71.